The highest BCUT2D eigenvalue weighted by molar-refractivity contribution is 6.25. The van der Waals surface area contributed by atoms with E-state index in [2.05, 4.69) is 163 Å². The molecule has 2 aliphatic heterocycles. The minimum atomic E-state index is -0.0984. The summed E-state index contributed by atoms with van der Waals surface area (Å²) in [4.78, 5) is 5.79. The minimum absolute atomic E-state index is 0.0258. The Morgan fingerprint density at radius 1 is 0.600 bits per heavy atom. The summed E-state index contributed by atoms with van der Waals surface area (Å²) in [5.41, 5.74) is 5.86. The maximum absolute atomic E-state index is 6.93. The van der Waals surface area contributed by atoms with Gasteiger partial charge in [0, 0.05) is 22.3 Å². The monoisotopic (exact) mass is 642 g/mol. The average molecular weight is 643 g/mol. The van der Waals surface area contributed by atoms with Crippen molar-refractivity contribution in [3.05, 3.63) is 169 Å². The molecular formula is C47H34N2O. The number of nitrogens with zero attached hydrogens (tertiary/aromatic N) is 2. The van der Waals surface area contributed by atoms with Gasteiger partial charge >= 0.3 is 0 Å². The number of aromatic nitrogens is 1. The number of benzene rings is 7. The van der Waals surface area contributed by atoms with Crippen molar-refractivity contribution >= 4 is 70.6 Å². The Morgan fingerprint density at radius 2 is 1.28 bits per heavy atom. The van der Waals surface area contributed by atoms with Gasteiger partial charge in [0.2, 0.25) is 0 Å². The summed E-state index contributed by atoms with van der Waals surface area (Å²) < 4.78 is 9.56. The van der Waals surface area contributed by atoms with Crippen molar-refractivity contribution in [2.75, 3.05) is 0 Å². The van der Waals surface area contributed by atoms with Crippen LogP contribution < -0.4 is 0 Å². The Kier molecular flexibility index (Phi) is 5.89. The molecule has 3 aliphatic rings. The number of ether oxygens (including phenoxy) is 1. The second kappa shape index (κ2) is 10.5. The fourth-order valence-electron chi connectivity index (χ4n) is 9.25. The van der Waals surface area contributed by atoms with E-state index in [4.69, 9.17) is 9.73 Å². The van der Waals surface area contributed by atoms with Gasteiger partial charge in [0.25, 0.3) is 0 Å². The summed E-state index contributed by atoms with van der Waals surface area (Å²) in [6.45, 7) is 2.32. The summed E-state index contributed by atoms with van der Waals surface area (Å²) in [5, 5.41) is 12.6. The Bertz CT molecular complexity index is 2870. The molecule has 7 aromatic carbocycles. The van der Waals surface area contributed by atoms with Gasteiger partial charge in [0.15, 0.2) is 0 Å². The molecule has 8 aromatic rings. The van der Waals surface area contributed by atoms with Crippen LogP contribution in [0.25, 0.3) is 64.9 Å². The van der Waals surface area contributed by atoms with Crippen LogP contribution in [0, 0.1) is 11.8 Å². The van der Waals surface area contributed by atoms with Gasteiger partial charge in [-0.25, -0.2) is 0 Å². The SMILES string of the molecule is CCC1C2=C(N=C(c3cc4ccccc4c4ccccc34)C1n1c3cc4ccccc4cc3c3c4ccccc4ccc31)C1C=CC=CC1O2. The quantitative estimate of drug-likeness (QED) is 0.176. The van der Waals surface area contributed by atoms with Crippen LogP contribution >= 0.6 is 0 Å². The normalized spacial score (nSPS) is 21.4. The van der Waals surface area contributed by atoms with Crippen LogP contribution in [-0.2, 0) is 4.74 Å². The van der Waals surface area contributed by atoms with Gasteiger partial charge < -0.3 is 9.30 Å². The second-order valence-electron chi connectivity index (χ2n) is 14.0. The zero-order chi connectivity index (χ0) is 32.9. The first-order valence-corrected chi connectivity index (χ1v) is 17.9. The molecule has 0 radical (unpaired) electrons. The van der Waals surface area contributed by atoms with Crippen LogP contribution in [0.1, 0.15) is 24.9 Å². The molecule has 11 rings (SSSR count). The summed E-state index contributed by atoms with van der Waals surface area (Å²) in [6, 6.07) is 47.0. The molecule has 4 unspecified atom stereocenters. The first kappa shape index (κ1) is 28.0. The largest absolute Gasteiger partial charge is 0.487 e. The molecule has 1 aliphatic carbocycles. The summed E-state index contributed by atoms with van der Waals surface area (Å²) in [5.74, 6) is 1.25. The van der Waals surface area contributed by atoms with Gasteiger partial charge in [-0.1, -0.05) is 128 Å². The van der Waals surface area contributed by atoms with Crippen LogP contribution in [0.2, 0.25) is 0 Å². The highest BCUT2D eigenvalue weighted by Gasteiger charge is 2.46. The van der Waals surface area contributed by atoms with E-state index >= 15 is 0 Å². The molecule has 3 nitrogen and oxygen atoms in total. The molecule has 0 saturated carbocycles. The topological polar surface area (TPSA) is 26.5 Å². The molecule has 238 valence electrons. The van der Waals surface area contributed by atoms with Gasteiger partial charge in [-0.2, -0.15) is 0 Å². The first-order valence-electron chi connectivity index (χ1n) is 17.9. The Labute approximate surface area is 290 Å². The molecule has 0 fully saturated rings. The lowest BCUT2D eigenvalue weighted by atomic mass is 9.81. The third kappa shape index (κ3) is 3.83. The van der Waals surface area contributed by atoms with Crippen molar-refractivity contribution < 1.29 is 4.74 Å². The zero-order valence-electron chi connectivity index (χ0n) is 27.8. The Balaban J connectivity index is 1.29. The first-order chi connectivity index (χ1) is 24.8. The third-order valence-corrected chi connectivity index (χ3v) is 11.5. The van der Waals surface area contributed by atoms with Gasteiger partial charge in [-0.15, -0.1) is 0 Å². The predicted molar refractivity (Wildman–Crippen MR) is 209 cm³/mol. The molecule has 0 N–H and O–H groups in total. The maximum Gasteiger partial charge on any atom is 0.129 e. The number of rotatable bonds is 3. The molecule has 4 atom stereocenters. The van der Waals surface area contributed by atoms with Crippen molar-refractivity contribution in [2.24, 2.45) is 16.8 Å². The third-order valence-electron chi connectivity index (χ3n) is 11.5. The van der Waals surface area contributed by atoms with E-state index in [0.29, 0.717) is 0 Å². The molecular weight excluding hydrogens is 609 g/mol. The van der Waals surface area contributed by atoms with Crippen molar-refractivity contribution in [2.45, 2.75) is 25.5 Å². The van der Waals surface area contributed by atoms with Crippen molar-refractivity contribution in [1.82, 2.24) is 4.57 Å². The number of fused-ring (bicyclic) bond motifs is 11. The predicted octanol–water partition coefficient (Wildman–Crippen LogP) is 11.8. The average Bonchev–Trinajstić information content (AvgIpc) is 3.71. The van der Waals surface area contributed by atoms with Crippen molar-refractivity contribution in [1.29, 1.82) is 0 Å². The molecule has 3 heteroatoms. The highest BCUT2D eigenvalue weighted by atomic mass is 16.5. The van der Waals surface area contributed by atoms with E-state index in [9.17, 15) is 0 Å². The Hall–Kier alpha value is -5.93. The van der Waals surface area contributed by atoms with E-state index in [1.54, 1.807) is 0 Å². The fraction of sp³-hybridized carbons (Fsp3) is 0.128. The maximum atomic E-state index is 6.93. The standard InChI is InChI=1S/C47H34N2O/c1-2-32-46(49-40-24-23-28-13-5-8-18-34(28)43(40)39-25-29-14-3-4-15-30(29)27-41(39)49)44(48-45-37-21-11-12-22-42(37)50-47(32)45)38-26-31-16-6-7-17-33(31)35-19-9-10-20-36(35)38/h3-27,32,37,42,46H,2H2,1H3. The Morgan fingerprint density at radius 3 is 2.10 bits per heavy atom. The molecule has 3 heterocycles. The van der Waals surface area contributed by atoms with Gasteiger partial charge in [-0.05, 0) is 79.9 Å². The number of hydrogen-bond donors (Lipinski definition) is 0. The van der Waals surface area contributed by atoms with Crippen LogP contribution in [-0.4, -0.2) is 16.4 Å². The van der Waals surface area contributed by atoms with E-state index < -0.39 is 0 Å². The summed E-state index contributed by atoms with van der Waals surface area (Å²) in [6.07, 6.45) is 9.63. The minimum Gasteiger partial charge on any atom is -0.487 e. The van der Waals surface area contributed by atoms with Crippen molar-refractivity contribution in [3.8, 4) is 0 Å². The van der Waals surface area contributed by atoms with Gasteiger partial charge in [0.1, 0.15) is 11.9 Å². The van der Waals surface area contributed by atoms with E-state index in [1.807, 2.05) is 0 Å². The van der Waals surface area contributed by atoms with E-state index in [-0.39, 0.29) is 24.0 Å². The van der Waals surface area contributed by atoms with Crippen LogP contribution in [0.4, 0.5) is 0 Å². The molecule has 0 bridgehead atoms. The smallest absolute Gasteiger partial charge is 0.129 e. The van der Waals surface area contributed by atoms with Crippen molar-refractivity contribution in [3.63, 3.8) is 0 Å². The molecule has 0 spiro atoms. The number of allylic oxidation sites excluding steroid dienone is 3. The van der Waals surface area contributed by atoms with Crippen LogP contribution in [0.3, 0.4) is 0 Å². The lowest BCUT2D eigenvalue weighted by molar-refractivity contribution is 0.131. The molecule has 0 saturated heterocycles. The summed E-state index contributed by atoms with van der Waals surface area (Å²) >= 11 is 0. The molecule has 0 amide bonds. The fourth-order valence-corrected chi connectivity index (χ4v) is 9.25. The molecule has 1 aromatic heterocycles. The second-order valence-corrected chi connectivity index (χ2v) is 14.0. The molecule has 50 heavy (non-hydrogen) atoms. The zero-order valence-corrected chi connectivity index (χ0v) is 27.8. The lowest BCUT2D eigenvalue weighted by Gasteiger charge is -2.35. The van der Waals surface area contributed by atoms with E-state index in [0.717, 1.165) is 23.6 Å². The highest BCUT2D eigenvalue weighted by Crippen LogP contribution is 2.51. The van der Waals surface area contributed by atoms with Gasteiger partial charge in [-0.3, -0.25) is 4.99 Å². The summed E-state index contributed by atoms with van der Waals surface area (Å²) in [7, 11) is 0. The van der Waals surface area contributed by atoms with Gasteiger partial charge in [0.05, 0.1) is 34.4 Å². The van der Waals surface area contributed by atoms with Crippen LogP contribution in [0.15, 0.2) is 168 Å². The number of hydrogen-bond acceptors (Lipinski definition) is 2. The van der Waals surface area contributed by atoms with E-state index in [1.165, 1.54) is 70.5 Å². The number of aliphatic imine (C=N–C) groups is 1. The lowest BCUT2D eigenvalue weighted by Crippen LogP contribution is -2.32. The van der Waals surface area contributed by atoms with Crippen LogP contribution in [0.5, 0.6) is 0 Å².